The van der Waals surface area contributed by atoms with Crippen molar-refractivity contribution in [2.45, 2.75) is 12.8 Å². The monoisotopic (exact) mass is 353 g/mol. The molecule has 1 aliphatic rings. The van der Waals surface area contributed by atoms with E-state index in [1.54, 1.807) is 17.0 Å². The van der Waals surface area contributed by atoms with Gasteiger partial charge in [-0.15, -0.1) is 0 Å². The third-order valence-corrected chi connectivity index (χ3v) is 4.54. The number of likely N-dealkylation sites (tertiary alicyclic amines) is 1. The molecule has 4 rings (SSSR count). The van der Waals surface area contributed by atoms with Crippen LogP contribution in [-0.4, -0.2) is 34.0 Å². The van der Waals surface area contributed by atoms with Gasteiger partial charge in [-0.3, -0.25) is 4.79 Å². The summed E-state index contributed by atoms with van der Waals surface area (Å²) in [6.07, 6.45) is 0. The van der Waals surface area contributed by atoms with E-state index in [1.165, 1.54) is 0 Å². The molecule has 0 atom stereocenters. The molecule has 126 valence electrons. The first kappa shape index (κ1) is 15.8. The number of carbonyl (C=O) groups excluding carboxylic acids is 1. The molecule has 0 unspecified atom stereocenters. The third kappa shape index (κ3) is 3.15. The zero-order chi connectivity index (χ0) is 17.4. The SMILES string of the molecule is Cc1cccc(C(=O)N2CC(c3nc(-c4cccc(Cl)c4)no3)C2)c1. The van der Waals surface area contributed by atoms with Crippen molar-refractivity contribution in [3.63, 3.8) is 0 Å². The molecule has 1 amide bonds. The minimum atomic E-state index is 0.0366. The Hall–Kier alpha value is -2.66. The standard InChI is InChI=1S/C19H16ClN3O2/c1-12-4-2-6-14(8-12)19(24)23-10-15(11-23)18-21-17(22-25-18)13-5-3-7-16(20)9-13/h2-9,15H,10-11H2,1H3. The maximum atomic E-state index is 12.5. The summed E-state index contributed by atoms with van der Waals surface area (Å²) in [5.41, 5.74) is 2.60. The summed E-state index contributed by atoms with van der Waals surface area (Å²) in [4.78, 5) is 18.7. The highest BCUT2D eigenvalue weighted by Gasteiger charge is 2.36. The van der Waals surface area contributed by atoms with Crippen molar-refractivity contribution in [2.75, 3.05) is 13.1 Å². The number of nitrogens with zero attached hydrogens (tertiary/aromatic N) is 3. The van der Waals surface area contributed by atoms with E-state index in [0.717, 1.165) is 11.1 Å². The Morgan fingerprint density at radius 1 is 1.20 bits per heavy atom. The highest BCUT2D eigenvalue weighted by molar-refractivity contribution is 6.30. The Balaban J connectivity index is 1.43. The molecule has 0 aliphatic carbocycles. The Kier molecular flexibility index (Phi) is 4.01. The molecule has 1 aromatic heterocycles. The molecule has 1 saturated heterocycles. The molecule has 3 aromatic rings. The summed E-state index contributed by atoms with van der Waals surface area (Å²) in [6, 6.07) is 14.9. The van der Waals surface area contributed by atoms with E-state index in [4.69, 9.17) is 16.1 Å². The summed E-state index contributed by atoms with van der Waals surface area (Å²) in [6.45, 7) is 3.15. The van der Waals surface area contributed by atoms with Gasteiger partial charge in [0.2, 0.25) is 11.7 Å². The lowest BCUT2D eigenvalue weighted by Gasteiger charge is -2.37. The fraction of sp³-hybridized carbons (Fsp3) is 0.211. The number of hydrogen-bond acceptors (Lipinski definition) is 4. The van der Waals surface area contributed by atoms with Crippen LogP contribution in [0.4, 0.5) is 0 Å². The molecule has 0 N–H and O–H groups in total. The Morgan fingerprint density at radius 3 is 2.76 bits per heavy atom. The van der Waals surface area contributed by atoms with Gasteiger partial charge in [0, 0.05) is 29.2 Å². The topological polar surface area (TPSA) is 59.2 Å². The molecule has 2 aromatic carbocycles. The number of amides is 1. The van der Waals surface area contributed by atoms with Gasteiger partial charge in [-0.1, -0.05) is 46.6 Å². The summed E-state index contributed by atoms with van der Waals surface area (Å²) < 4.78 is 5.37. The first-order chi connectivity index (χ1) is 12.1. The predicted octanol–water partition coefficient (Wildman–Crippen LogP) is 3.94. The highest BCUT2D eigenvalue weighted by atomic mass is 35.5. The molecular formula is C19H16ClN3O2. The molecule has 2 heterocycles. The van der Waals surface area contributed by atoms with E-state index >= 15 is 0 Å². The first-order valence-electron chi connectivity index (χ1n) is 8.05. The van der Waals surface area contributed by atoms with Gasteiger partial charge in [-0.25, -0.2) is 0 Å². The fourth-order valence-electron chi connectivity index (χ4n) is 2.91. The summed E-state index contributed by atoms with van der Waals surface area (Å²) in [7, 11) is 0. The molecule has 5 nitrogen and oxygen atoms in total. The van der Waals surface area contributed by atoms with Gasteiger partial charge in [-0.05, 0) is 31.2 Å². The maximum absolute atomic E-state index is 12.5. The lowest BCUT2D eigenvalue weighted by molar-refractivity contribution is 0.0569. The number of halogens is 1. The smallest absolute Gasteiger partial charge is 0.253 e. The summed E-state index contributed by atoms with van der Waals surface area (Å²) in [5.74, 6) is 1.19. The van der Waals surface area contributed by atoms with Crippen LogP contribution in [0.15, 0.2) is 53.1 Å². The van der Waals surface area contributed by atoms with Crippen molar-refractivity contribution in [3.05, 3.63) is 70.6 Å². The maximum Gasteiger partial charge on any atom is 0.253 e. The second-order valence-corrected chi connectivity index (χ2v) is 6.68. The van der Waals surface area contributed by atoms with Crippen molar-refractivity contribution in [3.8, 4) is 11.4 Å². The number of carbonyl (C=O) groups is 1. The van der Waals surface area contributed by atoms with Gasteiger partial charge in [0.15, 0.2) is 0 Å². The van der Waals surface area contributed by atoms with Crippen molar-refractivity contribution < 1.29 is 9.32 Å². The van der Waals surface area contributed by atoms with Crippen molar-refractivity contribution in [2.24, 2.45) is 0 Å². The second kappa shape index (κ2) is 6.33. The van der Waals surface area contributed by atoms with E-state index in [9.17, 15) is 4.79 Å². The lowest BCUT2D eigenvalue weighted by Crippen LogP contribution is -2.48. The molecule has 1 aliphatic heterocycles. The number of aromatic nitrogens is 2. The van der Waals surface area contributed by atoms with Crippen LogP contribution in [0.5, 0.6) is 0 Å². The lowest BCUT2D eigenvalue weighted by atomic mass is 9.98. The fourth-order valence-corrected chi connectivity index (χ4v) is 3.10. The van der Waals surface area contributed by atoms with Gasteiger partial charge in [0.1, 0.15) is 0 Å². The minimum absolute atomic E-state index is 0.0366. The largest absolute Gasteiger partial charge is 0.339 e. The van der Waals surface area contributed by atoms with Crippen LogP contribution in [0, 0.1) is 6.92 Å². The zero-order valence-corrected chi connectivity index (χ0v) is 14.4. The van der Waals surface area contributed by atoms with Gasteiger partial charge >= 0.3 is 0 Å². The number of aryl methyl sites for hydroxylation is 1. The molecular weight excluding hydrogens is 338 g/mol. The number of hydrogen-bond donors (Lipinski definition) is 0. The molecule has 6 heteroatoms. The summed E-state index contributed by atoms with van der Waals surface area (Å²) in [5, 5.41) is 4.65. The van der Waals surface area contributed by atoms with Gasteiger partial charge in [0.25, 0.3) is 5.91 Å². The van der Waals surface area contributed by atoms with Gasteiger partial charge in [0.05, 0.1) is 5.92 Å². The van der Waals surface area contributed by atoms with Crippen molar-refractivity contribution in [1.82, 2.24) is 15.0 Å². The molecule has 0 saturated carbocycles. The minimum Gasteiger partial charge on any atom is -0.339 e. The normalized spacial score (nSPS) is 14.4. The van der Waals surface area contributed by atoms with Crippen LogP contribution in [0.25, 0.3) is 11.4 Å². The van der Waals surface area contributed by atoms with Crippen LogP contribution in [0.3, 0.4) is 0 Å². The van der Waals surface area contributed by atoms with E-state index in [0.29, 0.717) is 35.4 Å². The Bertz CT molecular complexity index is 932. The van der Waals surface area contributed by atoms with E-state index < -0.39 is 0 Å². The zero-order valence-electron chi connectivity index (χ0n) is 13.6. The van der Waals surface area contributed by atoms with E-state index in [2.05, 4.69) is 10.1 Å². The average molecular weight is 354 g/mol. The molecule has 0 radical (unpaired) electrons. The average Bonchev–Trinajstić information content (AvgIpc) is 3.03. The van der Waals surface area contributed by atoms with Gasteiger partial charge in [-0.2, -0.15) is 4.98 Å². The second-order valence-electron chi connectivity index (χ2n) is 6.24. The summed E-state index contributed by atoms with van der Waals surface area (Å²) >= 11 is 6.00. The van der Waals surface area contributed by atoms with Crippen molar-refractivity contribution in [1.29, 1.82) is 0 Å². The number of benzene rings is 2. The van der Waals surface area contributed by atoms with Crippen LogP contribution in [0.1, 0.15) is 27.7 Å². The van der Waals surface area contributed by atoms with E-state index in [-0.39, 0.29) is 11.8 Å². The molecule has 25 heavy (non-hydrogen) atoms. The highest BCUT2D eigenvalue weighted by Crippen LogP contribution is 2.29. The van der Waals surface area contributed by atoms with E-state index in [1.807, 2.05) is 43.3 Å². The quantitative estimate of drug-likeness (QED) is 0.715. The molecule has 0 bridgehead atoms. The molecule has 1 fully saturated rings. The van der Waals surface area contributed by atoms with Crippen LogP contribution >= 0.6 is 11.6 Å². The first-order valence-corrected chi connectivity index (χ1v) is 8.43. The Morgan fingerprint density at radius 2 is 2.00 bits per heavy atom. The Labute approximate surface area is 150 Å². The van der Waals surface area contributed by atoms with Gasteiger partial charge < -0.3 is 9.42 Å². The molecule has 0 spiro atoms. The predicted molar refractivity (Wildman–Crippen MR) is 94.6 cm³/mol. The van der Waals surface area contributed by atoms with Crippen LogP contribution < -0.4 is 0 Å². The van der Waals surface area contributed by atoms with Crippen molar-refractivity contribution >= 4 is 17.5 Å². The number of rotatable bonds is 3. The van der Waals surface area contributed by atoms with Crippen LogP contribution in [-0.2, 0) is 0 Å². The van der Waals surface area contributed by atoms with Crippen LogP contribution in [0.2, 0.25) is 5.02 Å². The third-order valence-electron chi connectivity index (χ3n) is 4.31.